The maximum Gasteiger partial charge on any atom is 0.267 e. The first-order chi connectivity index (χ1) is 17.4. The minimum absolute atomic E-state index is 0.167. The Labute approximate surface area is 213 Å². The van der Waals surface area contributed by atoms with Gasteiger partial charge in [-0.1, -0.05) is 42.0 Å². The zero-order valence-corrected chi connectivity index (χ0v) is 20.7. The third-order valence-electron chi connectivity index (χ3n) is 6.27. The monoisotopic (exact) mass is 502 g/mol. The summed E-state index contributed by atoms with van der Waals surface area (Å²) in [7, 11) is 1.69. The Hall–Kier alpha value is -3.91. The number of hydrogen-bond acceptors (Lipinski definition) is 6. The number of nitrogens with one attached hydrogen (secondary N) is 2. The van der Waals surface area contributed by atoms with E-state index < -0.39 is 0 Å². The molecule has 0 spiro atoms. The summed E-state index contributed by atoms with van der Waals surface area (Å²) in [4.78, 5) is 34.3. The second-order valence-corrected chi connectivity index (χ2v) is 9.52. The number of carbonyl (C=O) groups is 1. The van der Waals surface area contributed by atoms with Crippen LogP contribution in [0.25, 0.3) is 16.6 Å². The standard InChI is InChI=1S/C27H27ClN6O2/c1-34-24-18(13-21(26(34)36)20-7-2-3-8-22(20)28)15-31-27(33-24)32-19-6-4-5-17(11-19)14-30-25(35)23(29)12-16-9-10-16/h4-8,11-13,15-16H,2-3,9-10,14,29H2,1H3,(H,30,35)(H,31,32,33)/b23-12-. The number of fused-ring (bicyclic) bond motifs is 1. The molecule has 2 aliphatic rings. The number of anilines is 2. The van der Waals surface area contributed by atoms with Crippen LogP contribution in [0.15, 0.2) is 70.3 Å². The van der Waals surface area contributed by atoms with Crippen molar-refractivity contribution in [2.75, 3.05) is 5.32 Å². The average Bonchev–Trinajstić information content (AvgIpc) is 3.70. The number of rotatable bonds is 7. The number of benzene rings is 1. The van der Waals surface area contributed by atoms with Gasteiger partial charge < -0.3 is 16.4 Å². The van der Waals surface area contributed by atoms with Crippen LogP contribution in [0.5, 0.6) is 0 Å². The van der Waals surface area contributed by atoms with E-state index >= 15 is 0 Å². The van der Waals surface area contributed by atoms with E-state index in [-0.39, 0.29) is 17.2 Å². The van der Waals surface area contributed by atoms with Gasteiger partial charge in [0.05, 0.1) is 5.70 Å². The van der Waals surface area contributed by atoms with Gasteiger partial charge in [0.2, 0.25) is 5.95 Å². The summed E-state index contributed by atoms with van der Waals surface area (Å²) in [5.41, 5.74) is 9.43. The predicted molar refractivity (Wildman–Crippen MR) is 142 cm³/mol. The molecule has 8 nitrogen and oxygen atoms in total. The Morgan fingerprint density at radius 2 is 2.06 bits per heavy atom. The molecule has 2 aromatic heterocycles. The molecular weight excluding hydrogens is 476 g/mol. The van der Waals surface area contributed by atoms with Gasteiger partial charge in [0.25, 0.3) is 11.5 Å². The van der Waals surface area contributed by atoms with Crippen LogP contribution < -0.4 is 21.9 Å². The largest absolute Gasteiger partial charge is 0.395 e. The molecule has 2 heterocycles. The fraction of sp³-hybridized carbons (Fsp3) is 0.259. The van der Waals surface area contributed by atoms with Crippen molar-refractivity contribution in [2.45, 2.75) is 32.2 Å². The smallest absolute Gasteiger partial charge is 0.267 e. The molecule has 0 saturated heterocycles. The van der Waals surface area contributed by atoms with E-state index in [1.165, 1.54) is 4.57 Å². The van der Waals surface area contributed by atoms with Crippen LogP contribution in [0, 0.1) is 5.92 Å². The van der Waals surface area contributed by atoms with E-state index in [2.05, 4.69) is 20.6 Å². The number of halogens is 1. The van der Waals surface area contributed by atoms with E-state index in [9.17, 15) is 9.59 Å². The fourth-order valence-corrected chi connectivity index (χ4v) is 4.44. The van der Waals surface area contributed by atoms with E-state index in [1.54, 1.807) is 19.3 Å². The zero-order valence-electron chi connectivity index (χ0n) is 19.9. The van der Waals surface area contributed by atoms with E-state index in [1.807, 2.05) is 42.5 Å². The van der Waals surface area contributed by atoms with Gasteiger partial charge in [0.15, 0.2) is 0 Å². The summed E-state index contributed by atoms with van der Waals surface area (Å²) in [6.45, 7) is 0.344. The second-order valence-electron chi connectivity index (χ2n) is 9.11. The molecule has 3 aromatic rings. The number of aryl methyl sites for hydroxylation is 1. The molecule has 2 aliphatic carbocycles. The molecule has 1 amide bonds. The highest BCUT2D eigenvalue weighted by atomic mass is 35.5. The van der Waals surface area contributed by atoms with Gasteiger partial charge in [0.1, 0.15) is 5.65 Å². The SMILES string of the molecule is Cn1c(=O)c(C2=CCCC=C2Cl)cc2cnc(Nc3cccc(CNC(=O)/C(N)=C/C4CC4)c3)nc21. The normalized spacial score (nSPS) is 15.9. The van der Waals surface area contributed by atoms with E-state index in [4.69, 9.17) is 17.3 Å². The number of aromatic nitrogens is 3. The van der Waals surface area contributed by atoms with Crippen molar-refractivity contribution in [1.82, 2.24) is 19.9 Å². The van der Waals surface area contributed by atoms with Gasteiger partial charge in [-0.05, 0) is 55.4 Å². The predicted octanol–water partition coefficient (Wildman–Crippen LogP) is 4.24. The Bertz CT molecular complexity index is 1500. The average molecular weight is 503 g/mol. The van der Waals surface area contributed by atoms with Crippen molar-refractivity contribution in [3.63, 3.8) is 0 Å². The Kier molecular flexibility index (Phi) is 6.61. The van der Waals surface area contributed by atoms with Crippen LogP contribution in [-0.2, 0) is 18.4 Å². The van der Waals surface area contributed by atoms with Crippen molar-refractivity contribution in [1.29, 1.82) is 0 Å². The maximum absolute atomic E-state index is 13.1. The molecule has 184 valence electrons. The Balaban J connectivity index is 1.34. The van der Waals surface area contributed by atoms with E-state index in [0.29, 0.717) is 34.7 Å². The lowest BCUT2D eigenvalue weighted by molar-refractivity contribution is -0.117. The van der Waals surface area contributed by atoms with Crippen LogP contribution in [0.2, 0.25) is 0 Å². The second kappa shape index (κ2) is 9.99. The molecule has 0 radical (unpaired) electrons. The molecule has 0 aliphatic heterocycles. The number of carbonyl (C=O) groups excluding carboxylic acids is 1. The molecule has 0 unspecified atom stereocenters. The third-order valence-corrected chi connectivity index (χ3v) is 6.63. The maximum atomic E-state index is 13.1. The number of nitrogens with zero attached hydrogens (tertiary/aromatic N) is 3. The van der Waals surface area contributed by atoms with Crippen LogP contribution in [0.4, 0.5) is 11.6 Å². The van der Waals surface area contributed by atoms with Crippen LogP contribution >= 0.6 is 11.6 Å². The number of nitrogens with two attached hydrogens (primary N) is 1. The minimum Gasteiger partial charge on any atom is -0.395 e. The van der Waals surface area contributed by atoms with Crippen molar-refractivity contribution < 1.29 is 4.79 Å². The van der Waals surface area contributed by atoms with Crippen LogP contribution in [0.3, 0.4) is 0 Å². The van der Waals surface area contributed by atoms with E-state index in [0.717, 1.165) is 47.9 Å². The zero-order chi connectivity index (χ0) is 25.2. The molecule has 1 fully saturated rings. The molecule has 1 aromatic carbocycles. The molecule has 36 heavy (non-hydrogen) atoms. The van der Waals surface area contributed by atoms with Gasteiger partial charge in [-0.3, -0.25) is 14.2 Å². The first kappa shape index (κ1) is 23.8. The van der Waals surface area contributed by atoms with Crippen molar-refractivity contribution in [3.05, 3.63) is 87.0 Å². The molecule has 9 heteroatoms. The highest BCUT2D eigenvalue weighted by Gasteiger charge is 2.20. The Morgan fingerprint density at radius 1 is 1.25 bits per heavy atom. The molecular formula is C27H27ClN6O2. The molecule has 0 bridgehead atoms. The lowest BCUT2D eigenvalue weighted by atomic mass is 9.99. The molecule has 1 saturated carbocycles. The van der Waals surface area contributed by atoms with Gasteiger partial charge in [-0.25, -0.2) is 4.98 Å². The van der Waals surface area contributed by atoms with Gasteiger partial charge in [-0.15, -0.1) is 0 Å². The highest BCUT2D eigenvalue weighted by Crippen LogP contribution is 2.31. The summed E-state index contributed by atoms with van der Waals surface area (Å²) >= 11 is 6.37. The number of allylic oxidation sites excluding steroid dienone is 5. The minimum atomic E-state index is -0.265. The highest BCUT2D eigenvalue weighted by molar-refractivity contribution is 6.37. The summed E-state index contributed by atoms with van der Waals surface area (Å²) in [5, 5.41) is 7.36. The third kappa shape index (κ3) is 5.18. The van der Waals surface area contributed by atoms with Gasteiger partial charge in [0, 0.05) is 47.0 Å². The number of amides is 1. The van der Waals surface area contributed by atoms with Crippen LogP contribution in [-0.4, -0.2) is 20.4 Å². The van der Waals surface area contributed by atoms with Crippen molar-refractivity contribution in [2.24, 2.45) is 18.7 Å². The van der Waals surface area contributed by atoms with Gasteiger partial charge in [-0.2, -0.15) is 4.98 Å². The van der Waals surface area contributed by atoms with Gasteiger partial charge >= 0.3 is 0 Å². The quantitative estimate of drug-likeness (QED) is 0.416. The first-order valence-corrected chi connectivity index (χ1v) is 12.3. The molecule has 5 rings (SSSR count). The van der Waals surface area contributed by atoms with Crippen molar-refractivity contribution in [3.8, 4) is 0 Å². The lowest BCUT2D eigenvalue weighted by Gasteiger charge is -2.14. The summed E-state index contributed by atoms with van der Waals surface area (Å²) in [6.07, 6.45) is 11.4. The Morgan fingerprint density at radius 3 is 2.83 bits per heavy atom. The topological polar surface area (TPSA) is 115 Å². The molecule has 4 N–H and O–H groups in total. The summed E-state index contributed by atoms with van der Waals surface area (Å²) in [6, 6.07) is 9.37. The first-order valence-electron chi connectivity index (χ1n) is 11.9. The fourth-order valence-electron chi connectivity index (χ4n) is 4.15. The van der Waals surface area contributed by atoms with Crippen molar-refractivity contribution >= 4 is 45.8 Å². The lowest BCUT2D eigenvalue weighted by Crippen LogP contribution is -2.28. The number of hydrogen-bond donors (Lipinski definition) is 3. The summed E-state index contributed by atoms with van der Waals surface area (Å²) in [5.74, 6) is 0.535. The number of pyridine rings is 1. The molecule has 0 atom stereocenters. The van der Waals surface area contributed by atoms with Crippen LogP contribution in [0.1, 0.15) is 36.8 Å². The summed E-state index contributed by atoms with van der Waals surface area (Å²) < 4.78 is 1.52.